The van der Waals surface area contributed by atoms with E-state index in [0.29, 0.717) is 19.6 Å². The molecule has 26 heavy (non-hydrogen) atoms. The minimum atomic E-state index is -0.408. The summed E-state index contributed by atoms with van der Waals surface area (Å²) in [5.74, 6) is -0.413. The van der Waals surface area contributed by atoms with Crippen LogP contribution in [0.2, 0.25) is 0 Å². The van der Waals surface area contributed by atoms with Crippen LogP contribution in [0, 0.1) is 18.8 Å². The van der Waals surface area contributed by atoms with Gasteiger partial charge in [-0.15, -0.1) is 0 Å². The SMILES string of the molecule is C=C(Br)CN1C2C=C(c3ccc(C)cc3)C(=O)C3CC(C(=O)OCC)C321. The Bertz CT molecular complexity index is 828. The van der Waals surface area contributed by atoms with E-state index in [4.69, 9.17) is 4.74 Å². The lowest BCUT2D eigenvalue weighted by Crippen LogP contribution is -2.58. The number of Topliss-reactive ketones (excluding diaryl/α,β-unsaturated/α-hetero) is 1. The number of nitrogens with zero attached hydrogens (tertiary/aromatic N) is 1. The summed E-state index contributed by atoms with van der Waals surface area (Å²) in [5.41, 5.74) is 2.49. The first kappa shape index (κ1) is 17.7. The number of rotatable bonds is 5. The molecule has 1 spiro atoms. The summed E-state index contributed by atoms with van der Waals surface area (Å²) in [6, 6.07) is 8.14. The highest BCUT2D eigenvalue weighted by atomic mass is 79.9. The standard InChI is InChI=1S/C21H22BrNO3/c1-4-26-20(25)17-10-16-19(24)15(14-7-5-12(2)6-8-14)9-18-21(16,17)23(18)11-13(3)22/h5-9,16-18H,3-4,10-11H2,1-2H3. The average Bonchev–Trinajstić information content (AvgIpc) is 3.21. The molecule has 5 unspecified atom stereocenters. The molecule has 5 atom stereocenters. The first-order valence-electron chi connectivity index (χ1n) is 9.01. The Morgan fingerprint density at radius 3 is 2.69 bits per heavy atom. The molecular formula is C21H22BrNO3. The summed E-state index contributed by atoms with van der Waals surface area (Å²) in [6.07, 6.45) is 2.62. The number of aryl methyl sites for hydroxylation is 1. The topological polar surface area (TPSA) is 46.4 Å². The Labute approximate surface area is 162 Å². The zero-order chi connectivity index (χ0) is 18.6. The second kappa shape index (κ2) is 6.17. The van der Waals surface area contributed by atoms with E-state index in [1.165, 1.54) is 5.56 Å². The second-order valence-corrected chi connectivity index (χ2v) is 8.50. The highest BCUT2D eigenvalue weighted by Gasteiger charge is 2.80. The summed E-state index contributed by atoms with van der Waals surface area (Å²) >= 11 is 3.43. The molecule has 0 bridgehead atoms. The molecule has 3 aliphatic rings. The Balaban J connectivity index is 1.70. The number of esters is 1. The molecule has 1 aromatic carbocycles. The van der Waals surface area contributed by atoms with Gasteiger partial charge in [0.25, 0.3) is 0 Å². The van der Waals surface area contributed by atoms with Crippen molar-refractivity contribution >= 4 is 33.3 Å². The first-order valence-corrected chi connectivity index (χ1v) is 9.80. The van der Waals surface area contributed by atoms with Gasteiger partial charge >= 0.3 is 5.97 Å². The molecule has 1 saturated carbocycles. The molecule has 5 heteroatoms. The molecule has 1 aliphatic heterocycles. The van der Waals surface area contributed by atoms with Gasteiger partial charge in [0.1, 0.15) is 0 Å². The fourth-order valence-corrected chi connectivity index (χ4v) is 5.07. The van der Waals surface area contributed by atoms with Crippen molar-refractivity contribution < 1.29 is 14.3 Å². The number of hydrogen-bond donors (Lipinski definition) is 0. The molecule has 1 saturated heterocycles. The minimum absolute atomic E-state index is 0.0824. The van der Waals surface area contributed by atoms with Crippen LogP contribution in [0.15, 0.2) is 41.4 Å². The Hall–Kier alpha value is -1.72. The molecule has 2 aliphatic carbocycles. The number of carbonyl (C=O) groups excluding carboxylic acids is 2. The quantitative estimate of drug-likeness (QED) is 0.545. The van der Waals surface area contributed by atoms with Gasteiger partial charge in [-0.3, -0.25) is 14.5 Å². The Morgan fingerprint density at radius 1 is 1.38 bits per heavy atom. The zero-order valence-electron chi connectivity index (χ0n) is 15.0. The third-order valence-electron chi connectivity index (χ3n) is 6.01. The zero-order valence-corrected chi connectivity index (χ0v) is 16.6. The van der Waals surface area contributed by atoms with E-state index >= 15 is 0 Å². The third-order valence-corrected chi connectivity index (χ3v) is 6.26. The van der Waals surface area contributed by atoms with Gasteiger partial charge in [-0.05, 0) is 25.8 Å². The van der Waals surface area contributed by atoms with E-state index in [1.807, 2.05) is 44.2 Å². The van der Waals surface area contributed by atoms with E-state index in [-0.39, 0.29) is 29.6 Å². The van der Waals surface area contributed by atoms with Crippen LogP contribution in [0.25, 0.3) is 5.57 Å². The molecule has 4 nitrogen and oxygen atoms in total. The number of benzene rings is 1. The van der Waals surface area contributed by atoms with Gasteiger partial charge in [-0.25, -0.2) is 0 Å². The monoisotopic (exact) mass is 415 g/mol. The summed E-state index contributed by atoms with van der Waals surface area (Å²) in [6.45, 7) is 8.78. The van der Waals surface area contributed by atoms with Gasteiger partial charge in [-0.1, -0.05) is 58.4 Å². The summed E-state index contributed by atoms with van der Waals surface area (Å²) in [4.78, 5) is 27.8. The number of allylic oxidation sites excluding steroid dienone is 1. The molecule has 2 fully saturated rings. The largest absolute Gasteiger partial charge is 0.466 e. The van der Waals surface area contributed by atoms with Crippen LogP contribution in [0.3, 0.4) is 0 Å². The molecule has 1 aromatic rings. The predicted molar refractivity (Wildman–Crippen MR) is 104 cm³/mol. The van der Waals surface area contributed by atoms with Gasteiger partial charge in [0, 0.05) is 28.6 Å². The third kappa shape index (κ3) is 2.37. The Morgan fingerprint density at radius 2 is 2.08 bits per heavy atom. The van der Waals surface area contributed by atoms with Crippen molar-refractivity contribution in [3.8, 4) is 0 Å². The van der Waals surface area contributed by atoms with E-state index in [1.54, 1.807) is 0 Å². The van der Waals surface area contributed by atoms with E-state index in [0.717, 1.165) is 15.6 Å². The molecule has 1 heterocycles. The molecule has 4 rings (SSSR count). The molecule has 0 amide bonds. The lowest BCUT2D eigenvalue weighted by atomic mass is 9.57. The van der Waals surface area contributed by atoms with Crippen LogP contribution < -0.4 is 0 Å². The van der Waals surface area contributed by atoms with Crippen molar-refractivity contribution in [1.29, 1.82) is 0 Å². The van der Waals surface area contributed by atoms with Gasteiger partial charge in [0.2, 0.25) is 0 Å². The minimum Gasteiger partial charge on any atom is -0.466 e. The summed E-state index contributed by atoms with van der Waals surface area (Å²) in [5, 5.41) is 0. The van der Waals surface area contributed by atoms with Crippen LogP contribution in [-0.2, 0) is 14.3 Å². The maximum atomic E-state index is 13.2. The summed E-state index contributed by atoms with van der Waals surface area (Å²) < 4.78 is 6.12. The van der Waals surface area contributed by atoms with Crippen LogP contribution in [0.1, 0.15) is 24.5 Å². The van der Waals surface area contributed by atoms with Gasteiger partial charge < -0.3 is 4.74 Å². The van der Waals surface area contributed by atoms with Crippen molar-refractivity contribution in [3.05, 3.63) is 52.5 Å². The molecule has 0 radical (unpaired) electrons. The van der Waals surface area contributed by atoms with Crippen molar-refractivity contribution in [1.82, 2.24) is 4.90 Å². The van der Waals surface area contributed by atoms with Crippen LogP contribution in [0.4, 0.5) is 0 Å². The van der Waals surface area contributed by atoms with Gasteiger partial charge in [0.05, 0.1) is 18.1 Å². The highest BCUT2D eigenvalue weighted by Crippen LogP contribution is 2.67. The normalized spacial score (nSPS) is 34.1. The number of hydrogen-bond acceptors (Lipinski definition) is 4. The molecular weight excluding hydrogens is 394 g/mol. The van der Waals surface area contributed by atoms with Crippen molar-refractivity contribution in [2.24, 2.45) is 11.8 Å². The average molecular weight is 416 g/mol. The molecule has 0 aromatic heterocycles. The van der Waals surface area contributed by atoms with Crippen molar-refractivity contribution in [2.45, 2.75) is 31.8 Å². The summed E-state index contributed by atoms with van der Waals surface area (Å²) in [7, 11) is 0. The van der Waals surface area contributed by atoms with E-state index < -0.39 is 5.54 Å². The lowest BCUT2D eigenvalue weighted by Gasteiger charge is -2.45. The maximum Gasteiger partial charge on any atom is 0.310 e. The van der Waals surface area contributed by atoms with E-state index in [2.05, 4.69) is 27.4 Å². The van der Waals surface area contributed by atoms with Gasteiger partial charge in [0.15, 0.2) is 5.78 Å². The smallest absolute Gasteiger partial charge is 0.310 e. The lowest BCUT2D eigenvalue weighted by molar-refractivity contribution is -0.158. The molecule has 136 valence electrons. The predicted octanol–water partition coefficient (Wildman–Crippen LogP) is 3.49. The fourth-order valence-electron chi connectivity index (χ4n) is 4.80. The Kier molecular flexibility index (Phi) is 4.20. The maximum absolute atomic E-state index is 13.2. The number of halogens is 1. The number of carbonyl (C=O) groups is 2. The van der Waals surface area contributed by atoms with E-state index in [9.17, 15) is 9.59 Å². The first-order chi connectivity index (χ1) is 12.4. The van der Waals surface area contributed by atoms with Crippen molar-refractivity contribution in [2.75, 3.05) is 13.2 Å². The van der Waals surface area contributed by atoms with Crippen molar-refractivity contribution in [3.63, 3.8) is 0 Å². The molecule has 0 N–H and O–H groups in total. The second-order valence-electron chi connectivity index (χ2n) is 7.38. The van der Waals surface area contributed by atoms with Crippen LogP contribution in [-0.4, -0.2) is 41.4 Å². The van der Waals surface area contributed by atoms with Gasteiger partial charge in [-0.2, -0.15) is 0 Å². The number of ketones is 1. The number of ether oxygens (including phenoxy) is 1. The highest BCUT2D eigenvalue weighted by molar-refractivity contribution is 9.11. The fraction of sp³-hybridized carbons (Fsp3) is 0.429. The van der Waals surface area contributed by atoms with Crippen LogP contribution >= 0.6 is 15.9 Å². The van der Waals surface area contributed by atoms with Crippen LogP contribution in [0.5, 0.6) is 0 Å².